The molecule has 1 unspecified atom stereocenters. The first-order chi connectivity index (χ1) is 14.3. The number of methoxy groups -OCH3 is 1. The fraction of sp³-hybridized carbons (Fsp3) is 0.158. The Labute approximate surface area is 172 Å². The van der Waals surface area contributed by atoms with Crippen LogP contribution in [0.25, 0.3) is 0 Å². The average molecular weight is 414 g/mol. The van der Waals surface area contributed by atoms with Gasteiger partial charge in [-0.3, -0.25) is 15.0 Å². The molecule has 0 aliphatic rings. The monoisotopic (exact) mass is 414 g/mol. The van der Waals surface area contributed by atoms with Gasteiger partial charge in [-0.05, 0) is 35.9 Å². The van der Waals surface area contributed by atoms with E-state index in [0.29, 0.717) is 17.0 Å². The van der Waals surface area contributed by atoms with Crippen LogP contribution in [0.5, 0.6) is 5.75 Å². The van der Waals surface area contributed by atoms with Crippen molar-refractivity contribution in [2.24, 2.45) is 16.5 Å². The van der Waals surface area contributed by atoms with Crippen LogP contribution in [-0.4, -0.2) is 36.1 Å². The third-order valence-electron chi connectivity index (χ3n) is 3.86. The molecule has 2 aromatic carbocycles. The number of carbonyl (C=O) groups is 3. The number of hydrazine groups is 1. The molecule has 11 heteroatoms. The molecule has 0 fully saturated rings. The summed E-state index contributed by atoms with van der Waals surface area (Å²) >= 11 is 0. The maximum Gasteiger partial charge on any atom is 0.333 e. The van der Waals surface area contributed by atoms with Crippen molar-refractivity contribution in [3.63, 3.8) is 0 Å². The van der Waals surface area contributed by atoms with Crippen LogP contribution >= 0.6 is 0 Å². The molecule has 0 saturated carbocycles. The Hall–Kier alpha value is -4.28. The first-order valence-corrected chi connectivity index (χ1v) is 8.70. The molecule has 8 N–H and O–H groups in total. The number of hydrogen-bond donors (Lipinski definition) is 6. The van der Waals surface area contributed by atoms with Crippen molar-refractivity contribution < 1.29 is 24.2 Å². The Morgan fingerprint density at radius 2 is 1.80 bits per heavy atom. The van der Waals surface area contributed by atoms with Crippen LogP contribution in [0, 0.1) is 0 Å². The molecule has 1 atom stereocenters. The first-order valence-electron chi connectivity index (χ1n) is 8.70. The number of carboxylic acid groups (broad SMARTS) is 1. The van der Waals surface area contributed by atoms with E-state index in [9.17, 15) is 14.4 Å². The number of urea groups is 1. The van der Waals surface area contributed by atoms with Gasteiger partial charge in [-0.25, -0.2) is 15.2 Å². The van der Waals surface area contributed by atoms with Crippen molar-refractivity contribution in [2.45, 2.75) is 12.5 Å². The summed E-state index contributed by atoms with van der Waals surface area (Å²) in [5.74, 6) is -1.28. The van der Waals surface area contributed by atoms with Gasteiger partial charge in [0.1, 0.15) is 5.75 Å². The minimum Gasteiger partial charge on any atom is -0.497 e. The second-order valence-corrected chi connectivity index (χ2v) is 6.06. The van der Waals surface area contributed by atoms with Gasteiger partial charge in [0, 0.05) is 5.56 Å². The van der Waals surface area contributed by atoms with Gasteiger partial charge >= 0.3 is 12.0 Å². The maximum atomic E-state index is 12.2. The van der Waals surface area contributed by atoms with E-state index < -0.39 is 23.9 Å². The highest BCUT2D eigenvalue weighted by atomic mass is 16.5. The van der Waals surface area contributed by atoms with E-state index >= 15 is 0 Å². The number of rotatable bonds is 7. The minimum absolute atomic E-state index is 0.159. The predicted molar refractivity (Wildman–Crippen MR) is 109 cm³/mol. The van der Waals surface area contributed by atoms with Gasteiger partial charge in [0.25, 0.3) is 5.91 Å². The number of aliphatic imine (C=N–C) groups is 1. The number of nitrogens with one attached hydrogen (secondary N) is 3. The molecule has 0 bridgehead atoms. The largest absolute Gasteiger partial charge is 0.497 e. The number of carbonyl (C=O) groups excluding carboxylic acids is 2. The maximum absolute atomic E-state index is 12.2. The lowest BCUT2D eigenvalue weighted by atomic mass is 10.0. The smallest absolute Gasteiger partial charge is 0.333 e. The van der Waals surface area contributed by atoms with E-state index in [2.05, 4.69) is 21.2 Å². The number of ether oxygens (including phenoxy) is 1. The minimum atomic E-state index is -1.10. The highest BCUT2D eigenvalue weighted by molar-refractivity contribution is 5.96. The van der Waals surface area contributed by atoms with Crippen LogP contribution in [0.3, 0.4) is 0 Å². The Balaban J connectivity index is 2.00. The standard InChI is InChI=1S/C19H22N6O5/c1-30-14-7-5-11(6-8-14)15(10-16(26)27)23-19(29)25-24-17(28)12-3-2-4-13(9-12)22-18(20)21/h2-9,15H,10H2,1H3,(H,24,28)(H,26,27)(H4,20,21,22)(H2,23,25,29). The number of benzene rings is 2. The lowest BCUT2D eigenvalue weighted by Gasteiger charge is -2.18. The summed E-state index contributed by atoms with van der Waals surface area (Å²) in [5.41, 5.74) is 16.2. The first kappa shape index (κ1) is 22.0. The zero-order valence-corrected chi connectivity index (χ0v) is 16.1. The van der Waals surface area contributed by atoms with Crippen molar-refractivity contribution >= 4 is 29.6 Å². The topological polar surface area (TPSA) is 181 Å². The molecule has 2 aromatic rings. The third-order valence-corrected chi connectivity index (χ3v) is 3.86. The molecule has 30 heavy (non-hydrogen) atoms. The van der Waals surface area contributed by atoms with E-state index in [1.54, 1.807) is 36.4 Å². The number of aliphatic carboxylic acids is 1. The van der Waals surface area contributed by atoms with E-state index in [4.69, 9.17) is 21.3 Å². The fourth-order valence-electron chi connectivity index (χ4n) is 2.51. The summed E-state index contributed by atoms with van der Waals surface area (Å²) in [4.78, 5) is 39.4. The molecule has 11 nitrogen and oxygen atoms in total. The SMILES string of the molecule is COc1ccc(C(CC(=O)O)NC(=O)NNC(=O)c2cccc(N=C(N)N)c2)cc1. The highest BCUT2D eigenvalue weighted by Crippen LogP contribution is 2.20. The summed E-state index contributed by atoms with van der Waals surface area (Å²) in [6.45, 7) is 0. The van der Waals surface area contributed by atoms with E-state index in [-0.39, 0.29) is 17.9 Å². The van der Waals surface area contributed by atoms with Crippen LogP contribution < -0.4 is 32.4 Å². The number of nitrogens with two attached hydrogens (primary N) is 2. The zero-order chi connectivity index (χ0) is 22.1. The molecule has 0 aliphatic carbocycles. The number of hydrogen-bond acceptors (Lipinski definition) is 5. The molecule has 2 rings (SSSR count). The summed E-state index contributed by atoms with van der Waals surface area (Å²) < 4.78 is 5.06. The highest BCUT2D eigenvalue weighted by Gasteiger charge is 2.18. The van der Waals surface area contributed by atoms with Crippen molar-refractivity contribution in [1.82, 2.24) is 16.2 Å². The molecule has 0 aliphatic heterocycles. The number of guanidine groups is 1. The van der Waals surface area contributed by atoms with Gasteiger partial charge in [0.05, 0.1) is 25.3 Å². The van der Waals surface area contributed by atoms with E-state index in [0.717, 1.165) is 0 Å². The van der Waals surface area contributed by atoms with Gasteiger partial charge < -0.3 is 26.6 Å². The molecular formula is C19H22N6O5. The van der Waals surface area contributed by atoms with Crippen LogP contribution in [0.1, 0.15) is 28.4 Å². The Bertz CT molecular complexity index is 941. The van der Waals surface area contributed by atoms with Crippen molar-refractivity contribution in [3.8, 4) is 5.75 Å². The molecular weight excluding hydrogens is 392 g/mol. The lowest BCUT2D eigenvalue weighted by molar-refractivity contribution is -0.137. The summed E-state index contributed by atoms with van der Waals surface area (Å²) in [6.07, 6.45) is -0.353. The molecule has 0 radical (unpaired) electrons. The van der Waals surface area contributed by atoms with E-state index in [1.165, 1.54) is 19.2 Å². The van der Waals surface area contributed by atoms with Crippen molar-refractivity contribution in [3.05, 3.63) is 59.7 Å². The lowest BCUT2D eigenvalue weighted by Crippen LogP contribution is -2.48. The molecule has 0 saturated heterocycles. The van der Waals surface area contributed by atoms with Gasteiger partial charge in [-0.2, -0.15) is 0 Å². The summed E-state index contributed by atoms with van der Waals surface area (Å²) in [5, 5.41) is 11.6. The molecule has 0 aromatic heterocycles. The average Bonchev–Trinajstić information content (AvgIpc) is 2.71. The van der Waals surface area contributed by atoms with Gasteiger partial charge in [0.2, 0.25) is 0 Å². The normalized spacial score (nSPS) is 11.0. The van der Waals surface area contributed by atoms with Gasteiger partial charge in [0.15, 0.2) is 5.96 Å². The fourth-order valence-corrected chi connectivity index (χ4v) is 2.51. The Kier molecular flexibility index (Phi) is 7.57. The van der Waals surface area contributed by atoms with Crippen molar-refractivity contribution in [2.75, 3.05) is 7.11 Å². The summed E-state index contributed by atoms with van der Waals surface area (Å²) in [6, 6.07) is 11.1. The number of carboxylic acids is 1. The Morgan fingerprint density at radius 1 is 1.10 bits per heavy atom. The second kappa shape index (κ2) is 10.3. The van der Waals surface area contributed by atoms with Crippen LogP contribution in [0.15, 0.2) is 53.5 Å². The predicted octanol–water partition coefficient (Wildman–Crippen LogP) is 0.760. The summed E-state index contributed by atoms with van der Waals surface area (Å²) in [7, 11) is 1.51. The number of amides is 3. The zero-order valence-electron chi connectivity index (χ0n) is 16.1. The third kappa shape index (κ3) is 6.71. The molecule has 0 heterocycles. The van der Waals surface area contributed by atoms with Crippen LogP contribution in [-0.2, 0) is 4.79 Å². The molecule has 0 spiro atoms. The van der Waals surface area contributed by atoms with Gasteiger partial charge in [-0.1, -0.05) is 18.2 Å². The quantitative estimate of drug-likeness (QED) is 0.220. The van der Waals surface area contributed by atoms with Crippen LogP contribution in [0.2, 0.25) is 0 Å². The van der Waals surface area contributed by atoms with Gasteiger partial charge in [-0.15, -0.1) is 0 Å². The molecule has 158 valence electrons. The number of nitrogens with zero attached hydrogens (tertiary/aromatic N) is 1. The molecule has 3 amide bonds. The van der Waals surface area contributed by atoms with Crippen LogP contribution in [0.4, 0.5) is 10.5 Å². The second-order valence-electron chi connectivity index (χ2n) is 6.06. The Morgan fingerprint density at radius 3 is 2.40 bits per heavy atom. The van der Waals surface area contributed by atoms with Crippen molar-refractivity contribution in [1.29, 1.82) is 0 Å². The van der Waals surface area contributed by atoms with E-state index in [1.807, 2.05) is 0 Å².